The van der Waals surface area contributed by atoms with Crippen molar-refractivity contribution in [1.29, 1.82) is 0 Å². The molecule has 1 aromatic heterocycles. The summed E-state index contributed by atoms with van der Waals surface area (Å²) in [6.07, 6.45) is 5.39. The standard InChI is InChI=1S/C23H29N3O3/c27-22-13-19(16-26(22)17-21-10-6-12-29-21)23(28)24-14-20-9-4-5-11-25(20)15-18-7-2-1-3-8-18/h1-3,6-8,10,12,19-20H,4-5,9,11,13-17H2,(H,24,28). The van der Waals surface area contributed by atoms with Crippen LogP contribution in [0, 0.1) is 5.92 Å². The van der Waals surface area contributed by atoms with Gasteiger partial charge in [-0.2, -0.15) is 0 Å². The van der Waals surface area contributed by atoms with Gasteiger partial charge in [0.05, 0.1) is 18.7 Å². The van der Waals surface area contributed by atoms with E-state index in [9.17, 15) is 9.59 Å². The van der Waals surface area contributed by atoms with Crippen LogP contribution in [0.4, 0.5) is 0 Å². The van der Waals surface area contributed by atoms with E-state index in [4.69, 9.17) is 4.42 Å². The second kappa shape index (κ2) is 9.27. The molecule has 6 heteroatoms. The third kappa shape index (κ3) is 5.07. The molecule has 2 aliphatic heterocycles. The highest BCUT2D eigenvalue weighted by Crippen LogP contribution is 2.22. The van der Waals surface area contributed by atoms with Crippen LogP contribution in [0.5, 0.6) is 0 Å². The highest BCUT2D eigenvalue weighted by atomic mass is 16.3. The number of amides is 2. The lowest BCUT2D eigenvalue weighted by molar-refractivity contribution is -0.129. The van der Waals surface area contributed by atoms with Crippen LogP contribution in [-0.2, 0) is 22.7 Å². The van der Waals surface area contributed by atoms with Crippen molar-refractivity contribution in [2.45, 2.75) is 44.8 Å². The predicted molar refractivity (Wildman–Crippen MR) is 110 cm³/mol. The van der Waals surface area contributed by atoms with Gasteiger partial charge in [0, 0.05) is 32.1 Å². The number of hydrogen-bond donors (Lipinski definition) is 1. The molecule has 4 rings (SSSR count). The summed E-state index contributed by atoms with van der Waals surface area (Å²) >= 11 is 0. The summed E-state index contributed by atoms with van der Waals surface area (Å²) in [7, 11) is 0. The molecular weight excluding hydrogens is 366 g/mol. The third-order valence-electron chi connectivity index (χ3n) is 6.00. The fourth-order valence-electron chi connectivity index (χ4n) is 4.37. The minimum atomic E-state index is -0.274. The van der Waals surface area contributed by atoms with E-state index >= 15 is 0 Å². The van der Waals surface area contributed by atoms with Crippen molar-refractivity contribution in [3.63, 3.8) is 0 Å². The second-order valence-corrected chi connectivity index (χ2v) is 8.11. The average Bonchev–Trinajstić information content (AvgIpc) is 3.38. The summed E-state index contributed by atoms with van der Waals surface area (Å²) in [5.74, 6) is 0.484. The topological polar surface area (TPSA) is 65.8 Å². The first-order valence-corrected chi connectivity index (χ1v) is 10.5. The molecule has 1 aromatic carbocycles. The minimum absolute atomic E-state index is 0.00877. The van der Waals surface area contributed by atoms with Crippen LogP contribution in [-0.4, -0.2) is 47.3 Å². The fourth-order valence-corrected chi connectivity index (χ4v) is 4.37. The Kier molecular flexibility index (Phi) is 6.30. The Morgan fingerprint density at radius 1 is 1.10 bits per heavy atom. The van der Waals surface area contributed by atoms with Gasteiger partial charge in [0.15, 0.2) is 0 Å². The van der Waals surface area contributed by atoms with E-state index in [0.29, 0.717) is 25.7 Å². The molecule has 2 aromatic rings. The Morgan fingerprint density at radius 2 is 1.97 bits per heavy atom. The lowest BCUT2D eigenvalue weighted by Gasteiger charge is -2.36. The maximum absolute atomic E-state index is 12.7. The number of benzene rings is 1. The highest BCUT2D eigenvalue weighted by molar-refractivity contribution is 5.89. The monoisotopic (exact) mass is 395 g/mol. The van der Waals surface area contributed by atoms with Gasteiger partial charge >= 0.3 is 0 Å². The predicted octanol–water partition coefficient (Wildman–Crippen LogP) is 2.80. The maximum Gasteiger partial charge on any atom is 0.225 e. The van der Waals surface area contributed by atoms with Crippen LogP contribution in [0.25, 0.3) is 0 Å². The number of carbonyl (C=O) groups excluding carboxylic acids is 2. The SMILES string of the molecule is O=C(NCC1CCCCN1Cc1ccccc1)C1CC(=O)N(Cc2ccco2)C1. The molecule has 2 fully saturated rings. The molecular formula is C23H29N3O3. The molecule has 29 heavy (non-hydrogen) atoms. The zero-order valence-electron chi connectivity index (χ0n) is 16.8. The lowest BCUT2D eigenvalue weighted by atomic mass is 10.0. The van der Waals surface area contributed by atoms with Gasteiger partial charge in [-0.3, -0.25) is 14.5 Å². The van der Waals surface area contributed by atoms with E-state index in [1.807, 2.05) is 18.2 Å². The van der Waals surface area contributed by atoms with Crippen LogP contribution in [0.3, 0.4) is 0 Å². The van der Waals surface area contributed by atoms with Crippen molar-refractivity contribution in [1.82, 2.24) is 15.1 Å². The Labute approximate surface area is 171 Å². The van der Waals surface area contributed by atoms with E-state index in [2.05, 4.69) is 34.5 Å². The number of likely N-dealkylation sites (tertiary alicyclic amines) is 2. The summed E-state index contributed by atoms with van der Waals surface area (Å²) < 4.78 is 5.33. The van der Waals surface area contributed by atoms with Crippen molar-refractivity contribution in [3.8, 4) is 0 Å². The van der Waals surface area contributed by atoms with E-state index < -0.39 is 0 Å². The quantitative estimate of drug-likeness (QED) is 0.783. The first-order chi connectivity index (χ1) is 14.2. The summed E-state index contributed by atoms with van der Waals surface area (Å²) in [6.45, 7) is 3.52. The van der Waals surface area contributed by atoms with Crippen molar-refractivity contribution in [2.75, 3.05) is 19.6 Å². The van der Waals surface area contributed by atoms with Crippen molar-refractivity contribution in [2.24, 2.45) is 5.92 Å². The number of rotatable bonds is 7. The van der Waals surface area contributed by atoms with E-state index in [0.717, 1.165) is 25.3 Å². The van der Waals surface area contributed by atoms with Gasteiger partial charge in [-0.15, -0.1) is 0 Å². The van der Waals surface area contributed by atoms with Gasteiger partial charge < -0.3 is 14.6 Å². The summed E-state index contributed by atoms with van der Waals surface area (Å²) in [6, 6.07) is 14.5. The first kappa shape index (κ1) is 19.7. The maximum atomic E-state index is 12.7. The van der Waals surface area contributed by atoms with Crippen molar-refractivity contribution < 1.29 is 14.0 Å². The minimum Gasteiger partial charge on any atom is -0.467 e. The van der Waals surface area contributed by atoms with Gasteiger partial charge in [-0.25, -0.2) is 0 Å². The van der Waals surface area contributed by atoms with Gasteiger partial charge in [0.25, 0.3) is 0 Å². The molecule has 1 N–H and O–H groups in total. The van der Waals surface area contributed by atoms with Crippen molar-refractivity contribution in [3.05, 3.63) is 60.1 Å². The van der Waals surface area contributed by atoms with Crippen molar-refractivity contribution >= 4 is 11.8 Å². The van der Waals surface area contributed by atoms with Gasteiger partial charge in [-0.05, 0) is 37.1 Å². The van der Waals surface area contributed by atoms with E-state index in [-0.39, 0.29) is 24.2 Å². The fraction of sp³-hybridized carbons (Fsp3) is 0.478. The molecule has 0 saturated carbocycles. The molecule has 2 saturated heterocycles. The van der Waals surface area contributed by atoms with E-state index in [1.54, 1.807) is 11.2 Å². The number of nitrogens with one attached hydrogen (secondary N) is 1. The average molecular weight is 396 g/mol. The van der Waals surface area contributed by atoms with Crippen LogP contribution in [0.1, 0.15) is 37.0 Å². The normalized spacial score (nSPS) is 22.8. The highest BCUT2D eigenvalue weighted by Gasteiger charge is 2.35. The molecule has 2 amide bonds. The molecule has 0 spiro atoms. The zero-order valence-corrected chi connectivity index (χ0v) is 16.8. The first-order valence-electron chi connectivity index (χ1n) is 10.5. The number of furan rings is 1. The van der Waals surface area contributed by atoms with Crippen LogP contribution >= 0.6 is 0 Å². The van der Waals surface area contributed by atoms with Gasteiger partial charge in [0.1, 0.15) is 5.76 Å². The van der Waals surface area contributed by atoms with Crippen LogP contribution < -0.4 is 5.32 Å². The molecule has 3 heterocycles. The third-order valence-corrected chi connectivity index (χ3v) is 6.00. The lowest BCUT2D eigenvalue weighted by Crippen LogP contribution is -2.47. The number of carbonyl (C=O) groups is 2. The molecule has 2 unspecified atom stereocenters. The van der Waals surface area contributed by atoms with Crippen LogP contribution in [0.2, 0.25) is 0 Å². The van der Waals surface area contributed by atoms with E-state index in [1.165, 1.54) is 18.4 Å². The smallest absolute Gasteiger partial charge is 0.225 e. The molecule has 154 valence electrons. The zero-order chi connectivity index (χ0) is 20.1. The Bertz CT molecular complexity index is 806. The number of piperidine rings is 1. The van der Waals surface area contributed by atoms with Gasteiger partial charge in [0.2, 0.25) is 11.8 Å². The number of nitrogens with zero attached hydrogens (tertiary/aromatic N) is 2. The molecule has 2 atom stereocenters. The molecule has 0 radical (unpaired) electrons. The summed E-state index contributed by atoms with van der Waals surface area (Å²) in [4.78, 5) is 29.2. The Balaban J connectivity index is 1.28. The second-order valence-electron chi connectivity index (χ2n) is 8.11. The molecule has 0 aliphatic carbocycles. The molecule has 2 aliphatic rings. The summed E-state index contributed by atoms with van der Waals surface area (Å²) in [5.41, 5.74) is 1.31. The Morgan fingerprint density at radius 3 is 2.76 bits per heavy atom. The van der Waals surface area contributed by atoms with Crippen LogP contribution in [0.15, 0.2) is 53.1 Å². The van der Waals surface area contributed by atoms with Gasteiger partial charge in [-0.1, -0.05) is 36.8 Å². The molecule has 0 bridgehead atoms. The number of hydrogen-bond acceptors (Lipinski definition) is 4. The Hall–Kier alpha value is -2.60. The molecule has 6 nitrogen and oxygen atoms in total. The summed E-state index contributed by atoms with van der Waals surface area (Å²) in [5, 5.41) is 3.13. The largest absolute Gasteiger partial charge is 0.467 e.